The zero-order valence-corrected chi connectivity index (χ0v) is 21.1. The first kappa shape index (κ1) is 27.5. The van der Waals surface area contributed by atoms with Crippen molar-refractivity contribution in [3.05, 3.63) is 29.6 Å². The Bertz CT molecular complexity index is 875. The molecule has 1 aliphatic rings. The van der Waals surface area contributed by atoms with Gasteiger partial charge in [0.2, 0.25) is 5.78 Å². The summed E-state index contributed by atoms with van der Waals surface area (Å²) in [6.07, 6.45) is 6.23. The van der Waals surface area contributed by atoms with Crippen molar-refractivity contribution in [1.29, 1.82) is 0 Å². The number of ether oxygens (including phenoxy) is 1. The molecule has 188 valence electrons. The zero-order valence-electron chi connectivity index (χ0n) is 21.1. The third-order valence-corrected chi connectivity index (χ3v) is 5.89. The molecule has 2 heterocycles. The van der Waals surface area contributed by atoms with Crippen molar-refractivity contribution >= 4 is 23.6 Å². The van der Waals surface area contributed by atoms with E-state index in [2.05, 4.69) is 15.6 Å². The molecule has 0 saturated heterocycles. The van der Waals surface area contributed by atoms with Crippen molar-refractivity contribution in [1.82, 2.24) is 15.6 Å². The van der Waals surface area contributed by atoms with Crippen LogP contribution in [0.3, 0.4) is 0 Å². The number of amides is 2. The first-order valence-electron chi connectivity index (χ1n) is 12.2. The quantitative estimate of drug-likeness (QED) is 0.612. The van der Waals surface area contributed by atoms with E-state index in [0.29, 0.717) is 19.4 Å². The SMILES string of the molecule is CC(C)C(NC(=O)OCC(C)(C)C)C(=O)CC1CCc2cnccc2CCCCNC(=O)C1=O. The van der Waals surface area contributed by atoms with Crippen LogP contribution in [0.1, 0.15) is 71.4 Å². The lowest BCUT2D eigenvalue weighted by Gasteiger charge is -2.25. The molecular weight excluding hydrogens is 434 g/mol. The minimum absolute atomic E-state index is 0.121. The average Bonchev–Trinajstić information content (AvgIpc) is 2.77. The van der Waals surface area contributed by atoms with E-state index in [1.807, 2.05) is 40.7 Å². The molecule has 2 atom stereocenters. The zero-order chi connectivity index (χ0) is 25.3. The van der Waals surface area contributed by atoms with E-state index in [-0.39, 0.29) is 30.1 Å². The van der Waals surface area contributed by atoms with E-state index >= 15 is 0 Å². The number of aromatic nitrogens is 1. The summed E-state index contributed by atoms with van der Waals surface area (Å²) in [5, 5.41) is 5.35. The molecular formula is C26H39N3O5. The van der Waals surface area contributed by atoms with Crippen LogP contribution in [-0.4, -0.2) is 47.7 Å². The normalized spacial score (nSPS) is 18.7. The van der Waals surface area contributed by atoms with Crippen LogP contribution in [0.5, 0.6) is 0 Å². The number of alkyl carbamates (subject to hydrolysis) is 1. The predicted octanol–water partition coefficient (Wildman–Crippen LogP) is 3.41. The monoisotopic (exact) mass is 473 g/mol. The standard InChI is InChI=1S/C26H39N3O5/c1-17(2)22(29-25(33)34-16-26(3,4)5)21(30)14-19-9-10-20-15-27-13-11-18(20)8-6-7-12-28-24(32)23(19)31/h11,13,15,17,19,22H,6-10,12,14,16H2,1-5H3,(H,28,32)(H,29,33). The van der Waals surface area contributed by atoms with Crippen LogP contribution in [0.4, 0.5) is 4.79 Å². The number of nitrogens with zero attached hydrogens (tertiary/aromatic N) is 1. The minimum Gasteiger partial charge on any atom is -0.449 e. The second-order valence-corrected chi connectivity index (χ2v) is 10.6. The number of carbonyl (C=O) groups excluding carboxylic acids is 4. The summed E-state index contributed by atoms with van der Waals surface area (Å²) in [5.74, 6) is -2.49. The van der Waals surface area contributed by atoms with Gasteiger partial charge in [0, 0.05) is 31.3 Å². The fraction of sp³-hybridized carbons (Fsp3) is 0.654. The maximum absolute atomic E-state index is 13.2. The highest BCUT2D eigenvalue weighted by atomic mass is 16.5. The molecule has 0 aliphatic carbocycles. The number of ketones is 2. The molecule has 1 aromatic heterocycles. The summed E-state index contributed by atoms with van der Waals surface area (Å²) >= 11 is 0. The lowest BCUT2D eigenvalue weighted by atomic mass is 9.85. The molecule has 0 radical (unpaired) electrons. The second-order valence-electron chi connectivity index (χ2n) is 10.6. The van der Waals surface area contributed by atoms with E-state index in [0.717, 1.165) is 24.8 Å². The van der Waals surface area contributed by atoms with Gasteiger partial charge < -0.3 is 15.4 Å². The molecule has 8 nitrogen and oxygen atoms in total. The van der Waals surface area contributed by atoms with Crippen molar-refractivity contribution in [3.63, 3.8) is 0 Å². The van der Waals surface area contributed by atoms with Crippen LogP contribution in [0.25, 0.3) is 0 Å². The lowest BCUT2D eigenvalue weighted by Crippen LogP contribution is -2.46. The van der Waals surface area contributed by atoms with E-state index in [1.165, 1.54) is 5.56 Å². The van der Waals surface area contributed by atoms with Crippen LogP contribution in [-0.2, 0) is 32.0 Å². The summed E-state index contributed by atoms with van der Waals surface area (Å²) < 4.78 is 5.26. The second kappa shape index (κ2) is 12.6. The number of hydrogen-bond donors (Lipinski definition) is 2. The summed E-state index contributed by atoms with van der Waals surface area (Å²) in [7, 11) is 0. The third-order valence-electron chi connectivity index (χ3n) is 5.89. The predicted molar refractivity (Wildman–Crippen MR) is 129 cm³/mol. The first-order valence-corrected chi connectivity index (χ1v) is 12.2. The van der Waals surface area contributed by atoms with Gasteiger partial charge in [0.1, 0.15) is 0 Å². The molecule has 1 aromatic rings. The highest BCUT2D eigenvalue weighted by Crippen LogP contribution is 2.21. The first-order chi connectivity index (χ1) is 16.0. The van der Waals surface area contributed by atoms with E-state index < -0.39 is 29.7 Å². The Kier molecular flexibility index (Phi) is 10.2. The minimum atomic E-state index is -0.807. The summed E-state index contributed by atoms with van der Waals surface area (Å²) in [5.41, 5.74) is 2.02. The number of Topliss-reactive ketones (excluding diaryl/α,β-unsaturated/α-hetero) is 2. The number of carbonyl (C=O) groups is 4. The van der Waals surface area contributed by atoms with Crippen molar-refractivity contribution < 1.29 is 23.9 Å². The Balaban J connectivity index is 2.15. The van der Waals surface area contributed by atoms with Gasteiger partial charge in [0.25, 0.3) is 5.91 Å². The molecule has 0 aromatic carbocycles. The number of nitrogens with one attached hydrogen (secondary N) is 2. The molecule has 0 bridgehead atoms. The summed E-state index contributed by atoms with van der Waals surface area (Å²) in [6.45, 7) is 10.1. The Morgan fingerprint density at radius 1 is 1.18 bits per heavy atom. The van der Waals surface area contributed by atoms with Gasteiger partial charge in [-0.05, 0) is 60.6 Å². The number of aryl methyl sites for hydroxylation is 2. The molecule has 1 aliphatic heterocycles. The van der Waals surface area contributed by atoms with Crippen LogP contribution in [0.2, 0.25) is 0 Å². The third kappa shape index (κ3) is 8.88. The van der Waals surface area contributed by atoms with E-state index in [9.17, 15) is 19.2 Å². The van der Waals surface area contributed by atoms with Gasteiger partial charge in [0.05, 0.1) is 12.6 Å². The number of hydrogen-bond acceptors (Lipinski definition) is 6. The molecule has 2 N–H and O–H groups in total. The highest BCUT2D eigenvalue weighted by molar-refractivity contribution is 6.37. The molecule has 2 rings (SSSR count). The molecule has 0 fully saturated rings. The average molecular weight is 474 g/mol. The topological polar surface area (TPSA) is 114 Å². The van der Waals surface area contributed by atoms with Gasteiger partial charge in [-0.25, -0.2) is 4.79 Å². The van der Waals surface area contributed by atoms with Crippen molar-refractivity contribution in [3.8, 4) is 0 Å². The summed E-state index contributed by atoms with van der Waals surface area (Å²) in [6, 6.07) is 1.18. The Morgan fingerprint density at radius 2 is 1.91 bits per heavy atom. The fourth-order valence-electron chi connectivity index (χ4n) is 3.93. The van der Waals surface area contributed by atoms with Crippen LogP contribution in [0, 0.1) is 17.3 Å². The van der Waals surface area contributed by atoms with Gasteiger partial charge in [0.15, 0.2) is 5.78 Å². The number of rotatable bonds is 6. The largest absolute Gasteiger partial charge is 0.449 e. The van der Waals surface area contributed by atoms with Crippen molar-refractivity contribution in [2.45, 2.75) is 79.2 Å². The Labute approximate surface area is 202 Å². The van der Waals surface area contributed by atoms with Crippen LogP contribution in [0.15, 0.2) is 18.5 Å². The molecule has 2 unspecified atom stereocenters. The summed E-state index contributed by atoms with van der Waals surface area (Å²) in [4.78, 5) is 55.1. The van der Waals surface area contributed by atoms with E-state index in [1.54, 1.807) is 12.4 Å². The smallest absolute Gasteiger partial charge is 0.407 e. The van der Waals surface area contributed by atoms with Crippen LogP contribution >= 0.6 is 0 Å². The van der Waals surface area contributed by atoms with Gasteiger partial charge in [-0.2, -0.15) is 0 Å². The van der Waals surface area contributed by atoms with Gasteiger partial charge >= 0.3 is 6.09 Å². The Morgan fingerprint density at radius 3 is 2.59 bits per heavy atom. The van der Waals surface area contributed by atoms with Gasteiger partial charge in [-0.15, -0.1) is 0 Å². The Hall–Kier alpha value is -2.77. The molecule has 0 saturated carbocycles. The highest BCUT2D eigenvalue weighted by Gasteiger charge is 2.32. The maximum Gasteiger partial charge on any atom is 0.407 e. The molecule has 34 heavy (non-hydrogen) atoms. The van der Waals surface area contributed by atoms with Gasteiger partial charge in [-0.1, -0.05) is 34.6 Å². The molecule has 8 heteroatoms. The van der Waals surface area contributed by atoms with E-state index in [4.69, 9.17) is 4.74 Å². The lowest BCUT2D eigenvalue weighted by molar-refractivity contribution is -0.141. The maximum atomic E-state index is 13.2. The van der Waals surface area contributed by atoms with Gasteiger partial charge in [-0.3, -0.25) is 19.4 Å². The number of pyridine rings is 1. The number of fused-ring (bicyclic) bond motifs is 1. The fourth-order valence-corrected chi connectivity index (χ4v) is 3.93. The van der Waals surface area contributed by atoms with Crippen LogP contribution < -0.4 is 10.6 Å². The molecule has 2 amide bonds. The van der Waals surface area contributed by atoms with Crippen molar-refractivity contribution in [2.75, 3.05) is 13.2 Å². The van der Waals surface area contributed by atoms with Crippen molar-refractivity contribution in [2.24, 2.45) is 17.3 Å². The molecule has 0 spiro atoms.